The maximum absolute atomic E-state index is 11.5. The van der Waals surface area contributed by atoms with Gasteiger partial charge in [0.2, 0.25) is 0 Å². The van der Waals surface area contributed by atoms with Crippen molar-refractivity contribution >= 4 is 5.91 Å². The van der Waals surface area contributed by atoms with Crippen LogP contribution in [0.2, 0.25) is 0 Å². The number of hydrogen-bond acceptors (Lipinski definition) is 3. The predicted molar refractivity (Wildman–Crippen MR) is 75.3 cm³/mol. The van der Waals surface area contributed by atoms with Crippen molar-refractivity contribution in [1.29, 1.82) is 0 Å². The summed E-state index contributed by atoms with van der Waals surface area (Å²) in [6.07, 6.45) is 0.130. The zero-order chi connectivity index (χ0) is 14.3. The van der Waals surface area contributed by atoms with E-state index in [9.17, 15) is 9.90 Å². The van der Waals surface area contributed by atoms with Crippen molar-refractivity contribution in [3.8, 4) is 5.75 Å². The smallest absolute Gasteiger partial charge is 0.258 e. The number of carbonyl (C=O) groups excluding carboxylic acids is 1. The number of hydrogen-bond donors (Lipinski definition) is 2. The zero-order valence-corrected chi connectivity index (χ0v) is 11.8. The lowest BCUT2D eigenvalue weighted by Gasteiger charge is -2.11. The van der Waals surface area contributed by atoms with Gasteiger partial charge >= 0.3 is 0 Å². The molecule has 106 valence electrons. The average molecular weight is 265 g/mol. The second kappa shape index (κ2) is 7.79. The monoisotopic (exact) mass is 265 g/mol. The van der Waals surface area contributed by atoms with Crippen LogP contribution in [0.15, 0.2) is 24.3 Å². The van der Waals surface area contributed by atoms with Gasteiger partial charge in [-0.25, -0.2) is 0 Å². The first-order chi connectivity index (χ1) is 9.02. The van der Waals surface area contributed by atoms with Crippen molar-refractivity contribution in [2.24, 2.45) is 0 Å². The molecule has 1 unspecified atom stereocenters. The van der Waals surface area contributed by atoms with E-state index in [1.807, 2.05) is 31.2 Å². The van der Waals surface area contributed by atoms with E-state index in [1.54, 1.807) is 0 Å². The lowest BCUT2D eigenvalue weighted by molar-refractivity contribution is -0.123. The molecule has 19 heavy (non-hydrogen) atoms. The minimum Gasteiger partial charge on any atom is -0.484 e. The molecule has 1 amide bonds. The molecule has 1 rings (SSSR count). The van der Waals surface area contributed by atoms with Gasteiger partial charge in [0.1, 0.15) is 5.75 Å². The Morgan fingerprint density at radius 2 is 2.16 bits per heavy atom. The number of amides is 1. The SMILES string of the molecule is CCC(O)CNC(=O)COc1cccc(C(C)C)c1. The number of rotatable bonds is 7. The topological polar surface area (TPSA) is 58.6 Å². The third kappa shape index (κ3) is 5.75. The summed E-state index contributed by atoms with van der Waals surface area (Å²) in [5.74, 6) is 0.900. The molecule has 1 aromatic carbocycles. The molecule has 1 aromatic rings. The first-order valence-corrected chi connectivity index (χ1v) is 6.70. The van der Waals surface area contributed by atoms with Crippen LogP contribution in [0, 0.1) is 0 Å². The molecule has 0 heterocycles. The van der Waals surface area contributed by atoms with E-state index in [4.69, 9.17) is 4.74 Å². The largest absolute Gasteiger partial charge is 0.484 e. The van der Waals surface area contributed by atoms with Gasteiger partial charge in [-0.05, 0) is 30.0 Å². The van der Waals surface area contributed by atoms with E-state index in [-0.39, 0.29) is 19.1 Å². The van der Waals surface area contributed by atoms with Crippen molar-refractivity contribution in [2.45, 2.75) is 39.2 Å². The van der Waals surface area contributed by atoms with Gasteiger partial charge in [0, 0.05) is 6.54 Å². The number of carbonyl (C=O) groups is 1. The van der Waals surface area contributed by atoms with Crippen molar-refractivity contribution in [3.05, 3.63) is 29.8 Å². The van der Waals surface area contributed by atoms with Crippen LogP contribution in [0.1, 0.15) is 38.7 Å². The number of benzene rings is 1. The Kier molecular flexibility index (Phi) is 6.36. The number of ether oxygens (including phenoxy) is 1. The maximum atomic E-state index is 11.5. The molecule has 0 aromatic heterocycles. The highest BCUT2D eigenvalue weighted by molar-refractivity contribution is 5.77. The zero-order valence-electron chi connectivity index (χ0n) is 11.8. The molecule has 0 aliphatic rings. The summed E-state index contributed by atoms with van der Waals surface area (Å²) in [6.45, 7) is 6.32. The molecule has 0 saturated carbocycles. The Labute approximate surface area is 114 Å². The standard InChI is InChI=1S/C15H23NO3/c1-4-13(17)9-16-15(18)10-19-14-7-5-6-12(8-14)11(2)3/h5-8,11,13,17H,4,9-10H2,1-3H3,(H,16,18). The molecular formula is C15H23NO3. The van der Waals surface area contributed by atoms with E-state index >= 15 is 0 Å². The highest BCUT2D eigenvalue weighted by Gasteiger charge is 2.06. The molecule has 0 aliphatic carbocycles. The molecule has 0 radical (unpaired) electrons. The lowest BCUT2D eigenvalue weighted by Crippen LogP contribution is -2.35. The Morgan fingerprint density at radius 1 is 1.42 bits per heavy atom. The number of aliphatic hydroxyl groups excluding tert-OH is 1. The molecule has 4 nitrogen and oxygen atoms in total. The fourth-order valence-electron chi connectivity index (χ4n) is 1.54. The van der Waals surface area contributed by atoms with Crippen LogP contribution in [0.4, 0.5) is 0 Å². The van der Waals surface area contributed by atoms with Gasteiger partial charge in [0.25, 0.3) is 5.91 Å². The maximum Gasteiger partial charge on any atom is 0.258 e. The summed E-state index contributed by atoms with van der Waals surface area (Å²) in [6, 6.07) is 7.73. The Balaban J connectivity index is 2.39. The van der Waals surface area contributed by atoms with Crippen LogP contribution in [-0.2, 0) is 4.79 Å². The first-order valence-electron chi connectivity index (χ1n) is 6.70. The highest BCUT2D eigenvalue weighted by atomic mass is 16.5. The van der Waals surface area contributed by atoms with Gasteiger partial charge in [0.15, 0.2) is 6.61 Å². The molecule has 0 bridgehead atoms. The van der Waals surface area contributed by atoms with Crippen molar-refractivity contribution < 1.29 is 14.6 Å². The second-order valence-electron chi connectivity index (χ2n) is 4.88. The number of aliphatic hydroxyl groups is 1. The van der Waals surface area contributed by atoms with Gasteiger partial charge in [-0.15, -0.1) is 0 Å². The molecule has 0 aliphatic heterocycles. The third-order valence-electron chi connectivity index (χ3n) is 2.90. The van der Waals surface area contributed by atoms with Gasteiger partial charge < -0.3 is 15.2 Å². The minimum atomic E-state index is -0.492. The molecule has 4 heteroatoms. The Morgan fingerprint density at radius 3 is 2.79 bits per heavy atom. The lowest BCUT2D eigenvalue weighted by atomic mass is 10.0. The van der Waals surface area contributed by atoms with Crippen molar-refractivity contribution in [3.63, 3.8) is 0 Å². The quantitative estimate of drug-likeness (QED) is 0.793. The summed E-state index contributed by atoms with van der Waals surface area (Å²) < 4.78 is 5.43. The molecule has 2 N–H and O–H groups in total. The van der Waals surface area contributed by atoms with Crippen LogP contribution in [-0.4, -0.2) is 30.3 Å². The van der Waals surface area contributed by atoms with Gasteiger partial charge in [-0.2, -0.15) is 0 Å². The summed E-state index contributed by atoms with van der Waals surface area (Å²) in [5, 5.41) is 12.0. The molecule has 0 saturated heterocycles. The fraction of sp³-hybridized carbons (Fsp3) is 0.533. The predicted octanol–water partition coefficient (Wildman–Crippen LogP) is 2.08. The van der Waals surface area contributed by atoms with E-state index in [0.29, 0.717) is 18.1 Å². The Hall–Kier alpha value is -1.55. The van der Waals surface area contributed by atoms with E-state index in [1.165, 1.54) is 5.56 Å². The summed E-state index contributed by atoms with van der Waals surface area (Å²) in [5.41, 5.74) is 1.18. The minimum absolute atomic E-state index is 0.0298. The van der Waals surface area contributed by atoms with Crippen molar-refractivity contribution in [2.75, 3.05) is 13.2 Å². The fourth-order valence-corrected chi connectivity index (χ4v) is 1.54. The van der Waals surface area contributed by atoms with Crippen LogP contribution in [0.3, 0.4) is 0 Å². The normalized spacial score (nSPS) is 12.3. The van der Waals surface area contributed by atoms with E-state index in [2.05, 4.69) is 19.2 Å². The average Bonchev–Trinajstić information content (AvgIpc) is 2.42. The molecular weight excluding hydrogens is 242 g/mol. The van der Waals surface area contributed by atoms with Crippen LogP contribution >= 0.6 is 0 Å². The first kappa shape index (κ1) is 15.5. The summed E-state index contributed by atoms with van der Waals surface area (Å²) >= 11 is 0. The molecule has 0 spiro atoms. The van der Waals surface area contributed by atoms with Crippen LogP contribution in [0.25, 0.3) is 0 Å². The second-order valence-corrected chi connectivity index (χ2v) is 4.88. The summed E-state index contributed by atoms with van der Waals surface area (Å²) in [7, 11) is 0. The van der Waals surface area contributed by atoms with E-state index in [0.717, 1.165) is 0 Å². The third-order valence-corrected chi connectivity index (χ3v) is 2.90. The summed E-state index contributed by atoms with van der Waals surface area (Å²) in [4.78, 5) is 11.5. The van der Waals surface area contributed by atoms with Crippen LogP contribution < -0.4 is 10.1 Å². The van der Waals surface area contributed by atoms with E-state index < -0.39 is 6.10 Å². The molecule has 1 atom stereocenters. The van der Waals surface area contributed by atoms with Crippen molar-refractivity contribution in [1.82, 2.24) is 5.32 Å². The van der Waals surface area contributed by atoms with Crippen LogP contribution in [0.5, 0.6) is 5.75 Å². The number of nitrogens with one attached hydrogen (secondary N) is 1. The van der Waals surface area contributed by atoms with Gasteiger partial charge in [0.05, 0.1) is 6.10 Å². The molecule has 0 fully saturated rings. The van der Waals surface area contributed by atoms with Gasteiger partial charge in [-0.3, -0.25) is 4.79 Å². The Bertz CT molecular complexity index is 404. The highest BCUT2D eigenvalue weighted by Crippen LogP contribution is 2.19. The van der Waals surface area contributed by atoms with Gasteiger partial charge in [-0.1, -0.05) is 32.9 Å².